The maximum absolute atomic E-state index is 12.3. The Morgan fingerprint density at radius 2 is 2.21 bits per heavy atom. The molecule has 0 bridgehead atoms. The van der Waals surface area contributed by atoms with Gasteiger partial charge in [-0.15, -0.1) is 0 Å². The molecule has 0 aromatic carbocycles. The first kappa shape index (κ1) is 18.5. The van der Waals surface area contributed by atoms with E-state index in [0.717, 1.165) is 41.1 Å². The Kier molecular flexibility index (Phi) is 4.32. The minimum Gasteiger partial charge on any atom is -0.377 e. The first-order valence-electron chi connectivity index (χ1n) is 9.80. The molecule has 1 aliphatic heterocycles. The highest BCUT2D eigenvalue weighted by atomic mass is 32.2. The lowest BCUT2D eigenvalue weighted by atomic mass is 10.1. The summed E-state index contributed by atoms with van der Waals surface area (Å²) >= 11 is 0. The Labute approximate surface area is 169 Å². The van der Waals surface area contributed by atoms with Crippen LogP contribution < -0.4 is 4.90 Å². The molecule has 2 aliphatic rings. The quantitative estimate of drug-likeness (QED) is 0.682. The molecule has 152 valence electrons. The summed E-state index contributed by atoms with van der Waals surface area (Å²) in [5, 5.41) is 0.836. The van der Waals surface area contributed by atoms with Crippen molar-refractivity contribution in [3.8, 4) is 11.4 Å². The highest BCUT2D eigenvalue weighted by Gasteiger charge is 2.45. The van der Waals surface area contributed by atoms with Crippen LogP contribution in [0.5, 0.6) is 0 Å². The zero-order chi connectivity index (χ0) is 20.2. The van der Waals surface area contributed by atoms with Gasteiger partial charge in [0.2, 0.25) is 0 Å². The topological polar surface area (TPSA) is 108 Å². The maximum Gasteiger partial charge on any atom is 0.162 e. The van der Waals surface area contributed by atoms with E-state index in [1.807, 2.05) is 24.4 Å². The van der Waals surface area contributed by atoms with Crippen LogP contribution in [0.3, 0.4) is 0 Å². The standard InChI is InChI=1S/C20H24N6O2S/c1-12-11-28-8-7-26(12)18-10-16(15-9-17(15)29(2,21)27)24-20(25-18)14-4-6-23-19-13(14)3-5-22-19/h3-6,10,12,15,17,21H,7-9,11H2,1-2H3,(H,22,23)/t12-,15?,17?,29-/m1/s1. The highest BCUT2D eigenvalue weighted by Crippen LogP contribution is 2.46. The summed E-state index contributed by atoms with van der Waals surface area (Å²) in [6.45, 7) is 4.22. The summed E-state index contributed by atoms with van der Waals surface area (Å²) in [6, 6.07) is 6.13. The molecule has 4 heterocycles. The number of fused-ring (bicyclic) bond motifs is 1. The molecule has 2 fully saturated rings. The summed E-state index contributed by atoms with van der Waals surface area (Å²) < 4.78 is 25.8. The van der Waals surface area contributed by atoms with E-state index in [-0.39, 0.29) is 17.2 Å². The van der Waals surface area contributed by atoms with Crippen LogP contribution in [-0.4, -0.2) is 61.5 Å². The molecule has 4 atom stereocenters. The molecule has 0 amide bonds. The van der Waals surface area contributed by atoms with Crippen LogP contribution >= 0.6 is 0 Å². The predicted molar refractivity (Wildman–Crippen MR) is 113 cm³/mol. The molecule has 3 aromatic heterocycles. The molecule has 2 unspecified atom stereocenters. The molecule has 1 saturated carbocycles. The SMILES string of the molecule is C[C@@H]1COCCN1c1cc(C2CC2[S@](C)(=N)=O)nc(-c2ccnc3[nH]ccc23)n1. The van der Waals surface area contributed by atoms with Crippen LogP contribution in [0.15, 0.2) is 30.6 Å². The molecule has 0 radical (unpaired) electrons. The van der Waals surface area contributed by atoms with Crippen LogP contribution in [0, 0.1) is 4.78 Å². The van der Waals surface area contributed by atoms with E-state index in [2.05, 4.69) is 21.8 Å². The van der Waals surface area contributed by atoms with Crippen LogP contribution in [-0.2, 0) is 14.5 Å². The summed E-state index contributed by atoms with van der Waals surface area (Å²) in [7, 11) is -2.59. The third kappa shape index (κ3) is 3.38. The Hall–Kier alpha value is -2.52. The molecule has 5 rings (SSSR count). The van der Waals surface area contributed by atoms with Crippen LogP contribution in [0.2, 0.25) is 0 Å². The highest BCUT2D eigenvalue weighted by molar-refractivity contribution is 7.92. The van der Waals surface area contributed by atoms with E-state index in [0.29, 0.717) is 19.0 Å². The second-order valence-corrected chi connectivity index (χ2v) is 10.4. The van der Waals surface area contributed by atoms with Crippen molar-refractivity contribution in [3.05, 3.63) is 36.3 Å². The number of morpholine rings is 1. The molecular formula is C20H24N6O2S. The van der Waals surface area contributed by atoms with Crippen LogP contribution in [0.4, 0.5) is 5.82 Å². The Morgan fingerprint density at radius 3 is 2.97 bits per heavy atom. The van der Waals surface area contributed by atoms with Crippen molar-refractivity contribution in [2.45, 2.75) is 30.6 Å². The number of hydrogen-bond donors (Lipinski definition) is 2. The van der Waals surface area contributed by atoms with Crippen LogP contribution in [0.25, 0.3) is 22.4 Å². The van der Waals surface area contributed by atoms with Gasteiger partial charge in [0.25, 0.3) is 0 Å². The van der Waals surface area contributed by atoms with Gasteiger partial charge in [-0.1, -0.05) is 0 Å². The largest absolute Gasteiger partial charge is 0.377 e. The Bertz CT molecular complexity index is 1170. The lowest BCUT2D eigenvalue weighted by molar-refractivity contribution is 0.0985. The van der Waals surface area contributed by atoms with Gasteiger partial charge < -0.3 is 14.6 Å². The maximum atomic E-state index is 12.3. The van der Waals surface area contributed by atoms with Gasteiger partial charge >= 0.3 is 0 Å². The smallest absolute Gasteiger partial charge is 0.162 e. The number of ether oxygens (including phenoxy) is 1. The van der Waals surface area contributed by atoms with Crippen molar-refractivity contribution >= 4 is 26.6 Å². The average molecular weight is 413 g/mol. The number of hydrogen-bond acceptors (Lipinski definition) is 7. The number of rotatable bonds is 4. The zero-order valence-corrected chi connectivity index (χ0v) is 17.3. The Morgan fingerprint density at radius 1 is 1.34 bits per heavy atom. The van der Waals surface area contributed by atoms with E-state index >= 15 is 0 Å². The van der Waals surface area contributed by atoms with Crippen LogP contribution in [0.1, 0.15) is 25.0 Å². The fraction of sp³-hybridized carbons (Fsp3) is 0.450. The lowest BCUT2D eigenvalue weighted by Crippen LogP contribution is -2.44. The third-order valence-corrected chi connectivity index (χ3v) is 7.46. The van der Waals surface area contributed by atoms with Gasteiger partial charge in [0.05, 0.1) is 30.2 Å². The normalized spacial score (nSPS) is 26.4. The lowest BCUT2D eigenvalue weighted by Gasteiger charge is -2.34. The minimum absolute atomic E-state index is 0.0467. The zero-order valence-electron chi connectivity index (χ0n) is 16.5. The van der Waals surface area contributed by atoms with Gasteiger partial charge in [-0.25, -0.2) is 19.2 Å². The van der Waals surface area contributed by atoms with Crippen molar-refractivity contribution in [2.75, 3.05) is 30.9 Å². The summed E-state index contributed by atoms with van der Waals surface area (Å²) in [6.07, 6.45) is 5.88. The van der Waals surface area contributed by atoms with Crippen molar-refractivity contribution in [1.82, 2.24) is 19.9 Å². The van der Waals surface area contributed by atoms with Crippen molar-refractivity contribution < 1.29 is 8.95 Å². The van der Waals surface area contributed by atoms with E-state index in [1.165, 1.54) is 6.26 Å². The van der Waals surface area contributed by atoms with Gasteiger partial charge in [0.1, 0.15) is 11.5 Å². The number of anilines is 1. The van der Waals surface area contributed by atoms with Gasteiger partial charge in [0.15, 0.2) is 5.82 Å². The molecule has 2 N–H and O–H groups in total. The molecule has 3 aromatic rings. The van der Waals surface area contributed by atoms with E-state index in [1.54, 1.807) is 6.20 Å². The van der Waals surface area contributed by atoms with E-state index in [4.69, 9.17) is 19.5 Å². The number of aromatic nitrogens is 4. The number of nitrogens with zero attached hydrogens (tertiary/aromatic N) is 4. The van der Waals surface area contributed by atoms with Crippen molar-refractivity contribution in [1.29, 1.82) is 4.78 Å². The third-order valence-electron chi connectivity index (χ3n) is 5.78. The fourth-order valence-electron chi connectivity index (χ4n) is 4.11. The summed E-state index contributed by atoms with van der Waals surface area (Å²) in [5.41, 5.74) is 2.58. The molecule has 0 spiro atoms. The summed E-state index contributed by atoms with van der Waals surface area (Å²) in [4.78, 5) is 19.5. The van der Waals surface area contributed by atoms with Gasteiger partial charge in [0, 0.05) is 57.9 Å². The second kappa shape index (κ2) is 6.77. The van der Waals surface area contributed by atoms with Gasteiger partial charge in [-0.05, 0) is 25.5 Å². The first-order valence-corrected chi connectivity index (χ1v) is 11.8. The molecule has 1 saturated heterocycles. The summed E-state index contributed by atoms with van der Waals surface area (Å²) in [5.74, 6) is 1.55. The number of nitrogens with one attached hydrogen (secondary N) is 2. The minimum atomic E-state index is -2.59. The number of H-pyrrole nitrogens is 1. The average Bonchev–Trinajstić information content (AvgIpc) is 3.38. The van der Waals surface area contributed by atoms with E-state index in [9.17, 15) is 4.21 Å². The monoisotopic (exact) mass is 412 g/mol. The van der Waals surface area contributed by atoms with Crippen molar-refractivity contribution in [2.24, 2.45) is 0 Å². The molecule has 29 heavy (non-hydrogen) atoms. The Balaban J connectivity index is 1.63. The molecule has 1 aliphatic carbocycles. The predicted octanol–water partition coefficient (Wildman–Crippen LogP) is 2.78. The van der Waals surface area contributed by atoms with Crippen molar-refractivity contribution in [3.63, 3.8) is 0 Å². The fourth-order valence-corrected chi connectivity index (χ4v) is 5.45. The van der Waals surface area contributed by atoms with Gasteiger partial charge in [-0.3, -0.25) is 4.78 Å². The number of pyridine rings is 1. The molecular weight excluding hydrogens is 388 g/mol. The molecule has 8 nitrogen and oxygen atoms in total. The van der Waals surface area contributed by atoms with E-state index < -0.39 is 9.73 Å². The molecule has 9 heteroatoms. The number of aromatic amines is 1. The second-order valence-electron chi connectivity index (χ2n) is 7.97. The first-order chi connectivity index (χ1) is 13.9. The van der Waals surface area contributed by atoms with Gasteiger partial charge in [-0.2, -0.15) is 0 Å².